The average Bonchev–Trinajstić information content (AvgIpc) is 3.34. The summed E-state index contributed by atoms with van der Waals surface area (Å²) in [5, 5.41) is 0. The predicted molar refractivity (Wildman–Crippen MR) is 83.3 cm³/mol. The van der Waals surface area contributed by atoms with Gasteiger partial charge in [0.2, 0.25) is 0 Å². The molecule has 5 heteroatoms. The molecule has 2 aliphatic rings. The number of hydrogen-bond donors (Lipinski definition) is 0. The van der Waals surface area contributed by atoms with Crippen molar-refractivity contribution in [3.05, 3.63) is 24.3 Å². The van der Waals surface area contributed by atoms with Crippen molar-refractivity contribution in [2.45, 2.75) is 58.2 Å². The fourth-order valence-electron chi connectivity index (χ4n) is 1.74. The summed E-state index contributed by atoms with van der Waals surface area (Å²) < 4.78 is 14.9. The minimum absolute atomic E-state index is 0.106. The quantitative estimate of drug-likeness (QED) is 0.411. The average molecular weight is 310 g/mol. The van der Waals surface area contributed by atoms with Crippen LogP contribution in [0, 0.1) is 0 Å². The molecule has 1 saturated carbocycles. The summed E-state index contributed by atoms with van der Waals surface area (Å²) in [5.74, 6) is -0.573. The van der Waals surface area contributed by atoms with E-state index in [0.29, 0.717) is 24.4 Å². The minimum Gasteiger partial charge on any atom is -0.459 e. The molecule has 1 saturated heterocycles. The molecule has 1 atom stereocenters. The maximum Gasteiger partial charge on any atom is 0.333 e. The predicted octanol–water partition coefficient (Wildman–Crippen LogP) is 2.94. The van der Waals surface area contributed by atoms with Gasteiger partial charge in [-0.05, 0) is 33.1 Å². The summed E-state index contributed by atoms with van der Waals surface area (Å²) in [6.07, 6.45) is 4.26. The van der Waals surface area contributed by atoms with Crippen LogP contribution >= 0.6 is 0 Å². The van der Waals surface area contributed by atoms with Gasteiger partial charge in [0.1, 0.15) is 18.3 Å². The number of epoxide rings is 1. The third kappa shape index (κ3) is 6.89. The first-order chi connectivity index (χ1) is 10.3. The van der Waals surface area contributed by atoms with E-state index >= 15 is 0 Å². The van der Waals surface area contributed by atoms with Gasteiger partial charge >= 0.3 is 11.9 Å². The zero-order valence-electron chi connectivity index (χ0n) is 13.8. The second-order valence-corrected chi connectivity index (χ2v) is 5.94. The lowest BCUT2D eigenvalue weighted by atomic mass is 10.2. The minimum atomic E-state index is -0.337. The Morgan fingerprint density at radius 2 is 1.73 bits per heavy atom. The Bertz CT molecular complexity index is 444. The molecule has 1 heterocycles. The molecule has 0 spiro atoms. The number of carbonyl (C=O) groups is 2. The maximum absolute atomic E-state index is 11.2. The molecule has 5 nitrogen and oxygen atoms in total. The van der Waals surface area contributed by atoms with E-state index in [0.717, 1.165) is 25.7 Å². The molecule has 2 fully saturated rings. The number of carbonyl (C=O) groups excluding carboxylic acids is 2. The van der Waals surface area contributed by atoms with Crippen molar-refractivity contribution in [2.75, 3.05) is 13.2 Å². The lowest BCUT2D eigenvalue weighted by Gasteiger charge is -2.15. The third-order valence-electron chi connectivity index (χ3n) is 3.32. The molecule has 0 aromatic rings. The summed E-state index contributed by atoms with van der Waals surface area (Å²) in [4.78, 5) is 21.8. The van der Waals surface area contributed by atoms with E-state index in [1.807, 2.05) is 0 Å². The van der Waals surface area contributed by atoms with Crippen molar-refractivity contribution in [1.82, 2.24) is 0 Å². The standard InChI is InChI=1S/C10H16O2.C7H10O3/c1-4-5-10(6-7-10)12-9(11)8(2)3;1-5(2)7(8)10-4-6-3-9-6/h2,4-7H2,1,3H3;6H,1,3-4H2,2H3. The number of rotatable bonds is 7. The Labute approximate surface area is 132 Å². The number of esters is 2. The van der Waals surface area contributed by atoms with Gasteiger partial charge in [-0.15, -0.1) is 0 Å². The van der Waals surface area contributed by atoms with Crippen LogP contribution in [-0.4, -0.2) is 36.9 Å². The first kappa shape index (κ1) is 18.4. The second-order valence-electron chi connectivity index (χ2n) is 5.94. The Morgan fingerprint density at radius 3 is 2.09 bits per heavy atom. The molecule has 0 aromatic carbocycles. The molecule has 0 N–H and O–H groups in total. The number of ether oxygens (including phenoxy) is 3. The van der Waals surface area contributed by atoms with Crippen LogP contribution in [0.15, 0.2) is 24.3 Å². The Balaban J connectivity index is 0.000000224. The molecule has 124 valence electrons. The normalized spacial score (nSPS) is 20.0. The van der Waals surface area contributed by atoms with Gasteiger partial charge in [-0.3, -0.25) is 0 Å². The fraction of sp³-hybridized carbons (Fsp3) is 0.647. The van der Waals surface area contributed by atoms with E-state index < -0.39 is 0 Å². The smallest absolute Gasteiger partial charge is 0.333 e. The highest BCUT2D eigenvalue weighted by Gasteiger charge is 2.45. The monoisotopic (exact) mass is 310 g/mol. The van der Waals surface area contributed by atoms with Crippen LogP contribution in [0.5, 0.6) is 0 Å². The highest BCUT2D eigenvalue weighted by Crippen LogP contribution is 2.43. The van der Waals surface area contributed by atoms with Crippen LogP contribution in [0.3, 0.4) is 0 Å². The fourth-order valence-corrected chi connectivity index (χ4v) is 1.74. The number of hydrogen-bond acceptors (Lipinski definition) is 5. The van der Waals surface area contributed by atoms with Crippen LogP contribution in [0.2, 0.25) is 0 Å². The third-order valence-corrected chi connectivity index (χ3v) is 3.32. The van der Waals surface area contributed by atoms with E-state index in [9.17, 15) is 9.59 Å². The lowest BCUT2D eigenvalue weighted by molar-refractivity contribution is -0.146. The van der Waals surface area contributed by atoms with Gasteiger partial charge < -0.3 is 14.2 Å². The maximum atomic E-state index is 11.2. The summed E-state index contributed by atoms with van der Waals surface area (Å²) in [5.41, 5.74) is 0.822. The van der Waals surface area contributed by atoms with Gasteiger partial charge in [0, 0.05) is 11.1 Å². The molecule has 0 aromatic heterocycles. The van der Waals surface area contributed by atoms with Gasteiger partial charge in [0.05, 0.1) is 6.61 Å². The van der Waals surface area contributed by atoms with Crippen LogP contribution in [0.25, 0.3) is 0 Å². The summed E-state index contributed by atoms with van der Waals surface area (Å²) in [7, 11) is 0. The van der Waals surface area contributed by atoms with Gasteiger partial charge in [0.25, 0.3) is 0 Å². The highest BCUT2D eigenvalue weighted by atomic mass is 16.6. The molecule has 0 amide bonds. The SMILES string of the molecule is C=C(C)C(=O)OC1(CCC)CC1.C=C(C)C(=O)OCC1CO1. The van der Waals surface area contributed by atoms with E-state index in [4.69, 9.17) is 14.2 Å². The summed E-state index contributed by atoms with van der Waals surface area (Å²) in [6.45, 7) is 13.5. The first-order valence-corrected chi connectivity index (χ1v) is 7.63. The molecule has 0 bridgehead atoms. The van der Waals surface area contributed by atoms with Gasteiger partial charge in [0.15, 0.2) is 0 Å². The van der Waals surface area contributed by atoms with Gasteiger partial charge in [-0.1, -0.05) is 26.5 Å². The molecule has 0 radical (unpaired) electrons. The van der Waals surface area contributed by atoms with E-state index in [2.05, 4.69) is 20.1 Å². The molecule has 1 aliphatic carbocycles. The van der Waals surface area contributed by atoms with Crippen LogP contribution in [-0.2, 0) is 23.8 Å². The summed E-state index contributed by atoms with van der Waals surface area (Å²) in [6, 6.07) is 0. The molecular formula is C17H26O5. The molecule has 1 aliphatic heterocycles. The Morgan fingerprint density at radius 1 is 1.18 bits per heavy atom. The Hall–Kier alpha value is -1.62. The van der Waals surface area contributed by atoms with Crippen molar-refractivity contribution in [1.29, 1.82) is 0 Å². The van der Waals surface area contributed by atoms with Crippen molar-refractivity contribution >= 4 is 11.9 Å². The zero-order chi connectivity index (χ0) is 16.8. The molecule has 2 rings (SSSR count). The molecule has 22 heavy (non-hydrogen) atoms. The van der Waals surface area contributed by atoms with Crippen LogP contribution in [0.4, 0.5) is 0 Å². The second kappa shape index (κ2) is 8.13. The van der Waals surface area contributed by atoms with Crippen molar-refractivity contribution in [3.63, 3.8) is 0 Å². The highest BCUT2D eigenvalue weighted by molar-refractivity contribution is 5.87. The van der Waals surface area contributed by atoms with E-state index in [-0.39, 0.29) is 23.6 Å². The van der Waals surface area contributed by atoms with Crippen molar-refractivity contribution < 1.29 is 23.8 Å². The van der Waals surface area contributed by atoms with E-state index in [1.54, 1.807) is 13.8 Å². The van der Waals surface area contributed by atoms with Crippen LogP contribution < -0.4 is 0 Å². The van der Waals surface area contributed by atoms with Crippen LogP contribution in [0.1, 0.15) is 46.5 Å². The molecule has 1 unspecified atom stereocenters. The molecular weight excluding hydrogens is 284 g/mol. The summed E-state index contributed by atoms with van der Waals surface area (Å²) >= 11 is 0. The van der Waals surface area contributed by atoms with Gasteiger partial charge in [-0.25, -0.2) is 9.59 Å². The van der Waals surface area contributed by atoms with Crippen molar-refractivity contribution in [2.24, 2.45) is 0 Å². The van der Waals surface area contributed by atoms with Gasteiger partial charge in [-0.2, -0.15) is 0 Å². The lowest BCUT2D eigenvalue weighted by Crippen LogP contribution is -2.19. The topological polar surface area (TPSA) is 65.1 Å². The largest absolute Gasteiger partial charge is 0.459 e. The van der Waals surface area contributed by atoms with E-state index in [1.165, 1.54) is 0 Å². The van der Waals surface area contributed by atoms with Crippen molar-refractivity contribution in [3.8, 4) is 0 Å². The first-order valence-electron chi connectivity index (χ1n) is 7.63. The zero-order valence-corrected chi connectivity index (χ0v) is 13.8. The Kier molecular flexibility index (Phi) is 6.81.